The van der Waals surface area contributed by atoms with Crippen molar-refractivity contribution in [1.29, 1.82) is 0 Å². The maximum Gasteiger partial charge on any atom is 0.305 e. The normalized spacial score (nSPS) is 13.5. The number of carboxylic acid groups (broad SMARTS) is 1. The highest BCUT2D eigenvalue weighted by Crippen LogP contribution is 2.20. The first-order valence-corrected chi connectivity index (χ1v) is 7.97. The molecule has 0 saturated heterocycles. The van der Waals surface area contributed by atoms with E-state index >= 15 is 0 Å². The van der Waals surface area contributed by atoms with Crippen molar-refractivity contribution in [3.8, 4) is 0 Å². The molecule has 2 amide bonds. The summed E-state index contributed by atoms with van der Waals surface area (Å²) in [6, 6.07) is 3.50. The van der Waals surface area contributed by atoms with Gasteiger partial charge < -0.3 is 15.7 Å². The van der Waals surface area contributed by atoms with Gasteiger partial charge in [0.05, 0.1) is 11.3 Å². The third kappa shape index (κ3) is 5.48. The van der Waals surface area contributed by atoms with Gasteiger partial charge in [-0.25, -0.2) is 0 Å². The fourth-order valence-corrected chi connectivity index (χ4v) is 2.51. The zero-order valence-electron chi connectivity index (χ0n) is 13.0. The van der Waals surface area contributed by atoms with E-state index in [0.29, 0.717) is 4.88 Å². The molecule has 0 bridgehead atoms. The highest BCUT2D eigenvalue weighted by Gasteiger charge is 2.32. The number of carbonyl (C=O) groups is 3. The first-order chi connectivity index (χ1) is 10.2. The highest BCUT2D eigenvalue weighted by atomic mass is 32.1. The molecular formula is C15H22N2O4S. The lowest BCUT2D eigenvalue weighted by Gasteiger charge is -2.33. The molecule has 0 radical (unpaired) electrons. The average Bonchev–Trinajstić information content (AvgIpc) is 2.90. The maximum atomic E-state index is 12.0. The van der Waals surface area contributed by atoms with Crippen LogP contribution in [-0.2, 0) is 9.59 Å². The molecule has 1 rings (SSSR count). The lowest BCUT2D eigenvalue weighted by Crippen LogP contribution is -2.51. The van der Waals surface area contributed by atoms with E-state index in [-0.39, 0.29) is 37.1 Å². The summed E-state index contributed by atoms with van der Waals surface area (Å²) in [4.78, 5) is 35.2. The first kappa shape index (κ1) is 18.2. The largest absolute Gasteiger partial charge is 0.481 e. The molecule has 0 aliphatic rings. The van der Waals surface area contributed by atoms with Crippen molar-refractivity contribution in [2.24, 2.45) is 5.92 Å². The summed E-state index contributed by atoms with van der Waals surface area (Å²) >= 11 is 1.33. The van der Waals surface area contributed by atoms with Crippen LogP contribution >= 0.6 is 11.3 Å². The van der Waals surface area contributed by atoms with Crippen LogP contribution in [0.15, 0.2) is 17.5 Å². The second kappa shape index (κ2) is 7.93. The molecule has 3 N–H and O–H groups in total. The van der Waals surface area contributed by atoms with Crippen LogP contribution < -0.4 is 10.6 Å². The van der Waals surface area contributed by atoms with Crippen LogP contribution in [0.3, 0.4) is 0 Å². The van der Waals surface area contributed by atoms with Crippen molar-refractivity contribution in [2.45, 2.75) is 39.2 Å². The van der Waals surface area contributed by atoms with Crippen LogP contribution in [0.5, 0.6) is 0 Å². The van der Waals surface area contributed by atoms with E-state index in [0.717, 1.165) is 0 Å². The monoisotopic (exact) mass is 326 g/mol. The Labute approximate surface area is 133 Å². The minimum absolute atomic E-state index is 0.0201. The van der Waals surface area contributed by atoms with Crippen molar-refractivity contribution in [1.82, 2.24) is 10.6 Å². The van der Waals surface area contributed by atoms with E-state index in [1.165, 1.54) is 11.3 Å². The minimum atomic E-state index is -0.956. The van der Waals surface area contributed by atoms with Gasteiger partial charge in [-0.1, -0.05) is 19.9 Å². The van der Waals surface area contributed by atoms with Crippen molar-refractivity contribution in [3.05, 3.63) is 22.4 Å². The van der Waals surface area contributed by atoms with Crippen LogP contribution in [-0.4, -0.2) is 35.0 Å². The van der Waals surface area contributed by atoms with Gasteiger partial charge in [0, 0.05) is 18.5 Å². The van der Waals surface area contributed by atoms with Crippen LogP contribution in [0, 0.1) is 5.92 Å². The van der Waals surface area contributed by atoms with Crippen molar-refractivity contribution in [2.75, 3.05) is 6.54 Å². The number of carboxylic acids is 1. The van der Waals surface area contributed by atoms with Crippen LogP contribution in [0.4, 0.5) is 0 Å². The van der Waals surface area contributed by atoms with Gasteiger partial charge in [-0.05, 0) is 24.3 Å². The molecule has 1 atom stereocenters. The Morgan fingerprint density at radius 1 is 1.36 bits per heavy atom. The van der Waals surface area contributed by atoms with E-state index in [9.17, 15) is 14.4 Å². The van der Waals surface area contributed by atoms with Crippen molar-refractivity contribution >= 4 is 29.1 Å². The molecule has 0 aliphatic carbocycles. The minimum Gasteiger partial charge on any atom is -0.481 e. The Kier molecular flexibility index (Phi) is 6.55. The van der Waals surface area contributed by atoms with Gasteiger partial charge in [-0.15, -0.1) is 11.3 Å². The van der Waals surface area contributed by atoms with E-state index in [4.69, 9.17) is 5.11 Å². The summed E-state index contributed by atoms with van der Waals surface area (Å²) < 4.78 is 0. The number of thiophene rings is 1. The summed E-state index contributed by atoms with van der Waals surface area (Å²) in [7, 11) is 0. The molecule has 1 unspecified atom stereocenters. The predicted octanol–water partition coefficient (Wildman–Crippen LogP) is 1.87. The van der Waals surface area contributed by atoms with Gasteiger partial charge in [0.25, 0.3) is 5.91 Å². The fraction of sp³-hybridized carbons (Fsp3) is 0.533. The summed E-state index contributed by atoms with van der Waals surface area (Å²) in [6.45, 7) is 5.65. The van der Waals surface area contributed by atoms with Gasteiger partial charge in [0.2, 0.25) is 5.91 Å². The van der Waals surface area contributed by atoms with Crippen molar-refractivity contribution in [3.63, 3.8) is 0 Å². The number of hydrogen-bond acceptors (Lipinski definition) is 4. The number of carbonyl (C=O) groups excluding carboxylic acids is 2. The van der Waals surface area contributed by atoms with Gasteiger partial charge in [0.1, 0.15) is 0 Å². The molecule has 1 aromatic heterocycles. The van der Waals surface area contributed by atoms with Gasteiger partial charge in [0.15, 0.2) is 0 Å². The number of amides is 2. The number of aliphatic carboxylic acids is 1. The molecule has 0 aromatic carbocycles. The molecule has 0 saturated carbocycles. The zero-order chi connectivity index (χ0) is 16.8. The quantitative estimate of drug-likeness (QED) is 0.679. The van der Waals surface area contributed by atoms with Gasteiger partial charge >= 0.3 is 5.97 Å². The van der Waals surface area contributed by atoms with Gasteiger partial charge in [-0.3, -0.25) is 14.4 Å². The second-order valence-electron chi connectivity index (χ2n) is 5.67. The molecule has 1 heterocycles. The van der Waals surface area contributed by atoms with Crippen LogP contribution in [0.1, 0.15) is 43.3 Å². The molecule has 22 heavy (non-hydrogen) atoms. The Balaban J connectivity index is 2.44. The third-order valence-corrected chi connectivity index (χ3v) is 4.47. The molecule has 6 nitrogen and oxygen atoms in total. The Hall–Kier alpha value is -1.89. The first-order valence-electron chi connectivity index (χ1n) is 7.09. The summed E-state index contributed by atoms with van der Waals surface area (Å²) in [5.41, 5.74) is -0.805. The fourth-order valence-electron chi connectivity index (χ4n) is 1.87. The Bertz CT molecular complexity index is 528. The van der Waals surface area contributed by atoms with Crippen LogP contribution in [0.2, 0.25) is 0 Å². The topological polar surface area (TPSA) is 95.5 Å². The van der Waals surface area contributed by atoms with Crippen molar-refractivity contribution < 1.29 is 19.5 Å². The SMILES string of the molecule is CC(C)C(C)(CC(=O)O)NC(=O)CCNC(=O)c1cccs1. The molecule has 0 spiro atoms. The zero-order valence-corrected chi connectivity index (χ0v) is 13.8. The standard InChI is InChI=1S/C15H22N2O4S/c1-10(2)15(3,9-13(19)20)17-12(18)6-7-16-14(21)11-5-4-8-22-11/h4-5,8,10H,6-7,9H2,1-3H3,(H,16,21)(H,17,18)(H,19,20). The summed E-state index contributed by atoms with van der Waals surface area (Å²) in [5, 5.41) is 16.2. The molecule has 1 aromatic rings. The number of rotatable bonds is 8. The molecular weight excluding hydrogens is 304 g/mol. The maximum absolute atomic E-state index is 12.0. The van der Waals surface area contributed by atoms with E-state index in [2.05, 4.69) is 10.6 Å². The Morgan fingerprint density at radius 3 is 2.55 bits per heavy atom. The second-order valence-corrected chi connectivity index (χ2v) is 6.62. The van der Waals surface area contributed by atoms with Gasteiger partial charge in [-0.2, -0.15) is 0 Å². The predicted molar refractivity (Wildman–Crippen MR) is 84.9 cm³/mol. The molecule has 122 valence electrons. The smallest absolute Gasteiger partial charge is 0.305 e. The lowest BCUT2D eigenvalue weighted by molar-refractivity contribution is -0.139. The van der Waals surface area contributed by atoms with E-state index in [1.807, 2.05) is 19.2 Å². The third-order valence-electron chi connectivity index (χ3n) is 3.60. The summed E-state index contributed by atoms with van der Waals surface area (Å²) in [5.74, 6) is -1.46. The van der Waals surface area contributed by atoms with E-state index < -0.39 is 11.5 Å². The number of nitrogens with one attached hydrogen (secondary N) is 2. The summed E-state index contributed by atoms with van der Waals surface area (Å²) in [6.07, 6.45) is -0.0307. The number of hydrogen-bond donors (Lipinski definition) is 3. The van der Waals surface area contributed by atoms with E-state index in [1.54, 1.807) is 19.1 Å². The molecule has 0 aliphatic heterocycles. The Morgan fingerprint density at radius 2 is 2.05 bits per heavy atom. The highest BCUT2D eigenvalue weighted by molar-refractivity contribution is 7.12. The molecule has 7 heteroatoms. The van der Waals surface area contributed by atoms with Crippen LogP contribution in [0.25, 0.3) is 0 Å². The molecule has 0 fully saturated rings. The lowest BCUT2D eigenvalue weighted by atomic mass is 9.85. The average molecular weight is 326 g/mol.